The zero-order chi connectivity index (χ0) is 19.1. The van der Waals surface area contributed by atoms with Gasteiger partial charge in [-0.15, -0.1) is 0 Å². The molecule has 1 fully saturated rings. The summed E-state index contributed by atoms with van der Waals surface area (Å²) in [6, 6.07) is 18.1. The zero-order valence-electron chi connectivity index (χ0n) is 15.3. The van der Waals surface area contributed by atoms with Crippen LogP contribution in [-0.4, -0.2) is 30.8 Å². The van der Waals surface area contributed by atoms with E-state index >= 15 is 0 Å². The number of nitrogens with zero attached hydrogens (tertiary/aromatic N) is 4. The number of hydrogen-bond acceptors (Lipinski definition) is 5. The smallest absolute Gasteiger partial charge is 0.414 e. The summed E-state index contributed by atoms with van der Waals surface area (Å²) in [5.41, 5.74) is 5.64. The molecule has 3 heterocycles. The quantitative estimate of drug-likeness (QED) is 0.689. The molecule has 138 valence electrons. The van der Waals surface area contributed by atoms with Crippen LogP contribution in [0.3, 0.4) is 0 Å². The molecule has 0 bridgehead atoms. The normalized spacial score (nSPS) is 16.0. The number of rotatable bonds is 2. The summed E-state index contributed by atoms with van der Waals surface area (Å²) < 4.78 is 5.11. The van der Waals surface area contributed by atoms with Crippen LogP contribution in [0, 0.1) is 11.3 Å². The van der Waals surface area contributed by atoms with E-state index in [1.165, 1.54) is 11.1 Å². The fourth-order valence-corrected chi connectivity index (χ4v) is 4.14. The Morgan fingerprint density at radius 3 is 2.79 bits per heavy atom. The molecule has 1 saturated heterocycles. The van der Waals surface area contributed by atoms with Crippen molar-refractivity contribution in [2.75, 3.05) is 29.5 Å². The van der Waals surface area contributed by atoms with Crippen molar-refractivity contribution in [3.05, 3.63) is 65.4 Å². The van der Waals surface area contributed by atoms with Crippen LogP contribution in [0.5, 0.6) is 0 Å². The third-order valence-corrected chi connectivity index (χ3v) is 5.44. The Morgan fingerprint density at radius 1 is 1.07 bits per heavy atom. The highest BCUT2D eigenvalue weighted by molar-refractivity contribution is 5.93. The third-order valence-electron chi connectivity index (χ3n) is 5.44. The van der Waals surface area contributed by atoms with Gasteiger partial charge in [-0.05, 0) is 35.7 Å². The lowest BCUT2D eigenvalue weighted by molar-refractivity contribution is 0.181. The Hall–Kier alpha value is -3.59. The average Bonchev–Trinajstić information content (AvgIpc) is 3.17. The second kappa shape index (κ2) is 6.54. The monoisotopic (exact) mass is 370 g/mol. The van der Waals surface area contributed by atoms with E-state index in [0.717, 1.165) is 41.8 Å². The van der Waals surface area contributed by atoms with Crippen molar-refractivity contribution >= 4 is 28.4 Å². The van der Waals surface area contributed by atoms with Crippen molar-refractivity contribution < 1.29 is 9.53 Å². The van der Waals surface area contributed by atoms with Gasteiger partial charge in [0.05, 0.1) is 17.7 Å². The summed E-state index contributed by atoms with van der Waals surface area (Å²) in [5.74, 6) is 0. The number of carbonyl (C=O) groups excluding carboxylic acids is 1. The highest BCUT2D eigenvalue weighted by atomic mass is 16.6. The third kappa shape index (κ3) is 2.64. The summed E-state index contributed by atoms with van der Waals surface area (Å²) in [6.45, 7) is 2.57. The first-order chi connectivity index (χ1) is 13.7. The number of benzene rings is 2. The molecule has 2 aromatic carbocycles. The minimum atomic E-state index is -0.269. The fourth-order valence-electron chi connectivity index (χ4n) is 4.14. The van der Waals surface area contributed by atoms with Gasteiger partial charge >= 0.3 is 6.09 Å². The van der Waals surface area contributed by atoms with Crippen LogP contribution in [0.1, 0.15) is 16.8 Å². The van der Waals surface area contributed by atoms with Crippen LogP contribution in [0.25, 0.3) is 10.9 Å². The largest absolute Gasteiger partial charge is 0.447 e. The Kier molecular flexibility index (Phi) is 3.87. The summed E-state index contributed by atoms with van der Waals surface area (Å²) in [6.07, 6.45) is 0.558. The van der Waals surface area contributed by atoms with Crippen LogP contribution in [0.15, 0.2) is 48.5 Å². The number of aromatic nitrogens is 1. The molecule has 0 aliphatic carbocycles. The topological polar surface area (TPSA) is 69.5 Å². The van der Waals surface area contributed by atoms with Gasteiger partial charge < -0.3 is 9.64 Å². The van der Waals surface area contributed by atoms with E-state index in [9.17, 15) is 10.1 Å². The van der Waals surface area contributed by atoms with Gasteiger partial charge in [0.1, 0.15) is 18.4 Å². The molecule has 0 radical (unpaired) electrons. The molecule has 28 heavy (non-hydrogen) atoms. The highest BCUT2D eigenvalue weighted by Crippen LogP contribution is 2.35. The van der Waals surface area contributed by atoms with Gasteiger partial charge in [-0.25, -0.2) is 9.78 Å². The molecular formula is C22H18N4O2. The number of fused-ring (bicyclic) bond motifs is 2. The van der Waals surface area contributed by atoms with Crippen molar-refractivity contribution in [3.63, 3.8) is 0 Å². The Bertz CT molecular complexity index is 1140. The van der Waals surface area contributed by atoms with Gasteiger partial charge in [-0.2, -0.15) is 5.26 Å². The van der Waals surface area contributed by atoms with Crippen molar-refractivity contribution in [3.8, 4) is 6.07 Å². The van der Waals surface area contributed by atoms with E-state index in [4.69, 9.17) is 4.74 Å². The lowest BCUT2D eigenvalue weighted by atomic mass is 9.96. The number of nitriles is 1. The maximum Gasteiger partial charge on any atom is 0.414 e. The molecule has 2 aliphatic rings. The standard InChI is InChI=1S/C22H18N4O2/c23-13-16-12-21(18-5-1-2-6-19(18)24-16)25-9-8-17-15(14-25)4-3-7-20(17)26-10-11-28-22(26)27/h1-7,12H,8-11,14H2. The minimum absolute atomic E-state index is 0.269. The minimum Gasteiger partial charge on any atom is -0.447 e. The Labute approximate surface area is 162 Å². The van der Waals surface area contributed by atoms with E-state index in [-0.39, 0.29) is 6.09 Å². The van der Waals surface area contributed by atoms with Crippen LogP contribution >= 0.6 is 0 Å². The first-order valence-corrected chi connectivity index (χ1v) is 9.34. The van der Waals surface area contributed by atoms with Crippen molar-refractivity contribution in [1.29, 1.82) is 5.26 Å². The van der Waals surface area contributed by atoms with E-state index in [2.05, 4.69) is 22.0 Å². The second-order valence-electron chi connectivity index (χ2n) is 7.01. The molecule has 5 rings (SSSR count). The molecule has 1 aromatic heterocycles. The first kappa shape index (κ1) is 16.6. The number of anilines is 2. The fraction of sp³-hybridized carbons (Fsp3) is 0.227. The molecule has 1 amide bonds. The van der Waals surface area contributed by atoms with Crippen LogP contribution in [-0.2, 0) is 17.7 Å². The zero-order valence-corrected chi connectivity index (χ0v) is 15.3. The van der Waals surface area contributed by atoms with Crippen molar-refractivity contribution in [2.45, 2.75) is 13.0 Å². The van der Waals surface area contributed by atoms with E-state index in [1.807, 2.05) is 42.5 Å². The number of carbonyl (C=O) groups is 1. The molecule has 6 heteroatoms. The number of pyridine rings is 1. The molecule has 0 saturated carbocycles. The Morgan fingerprint density at radius 2 is 1.96 bits per heavy atom. The van der Waals surface area contributed by atoms with Crippen LogP contribution in [0.2, 0.25) is 0 Å². The lowest BCUT2D eigenvalue weighted by Gasteiger charge is -2.33. The van der Waals surface area contributed by atoms with Crippen LogP contribution < -0.4 is 9.80 Å². The summed E-state index contributed by atoms with van der Waals surface area (Å²) in [7, 11) is 0. The summed E-state index contributed by atoms with van der Waals surface area (Å²) >= 11 is 0. The number of amides is 1. The maximum atomic E-state index is 12.0. The maximum absolute atomic E-state index is 12.0. The molecule has 0 N–H and O–H groups in total. The predicted octanol–water partition coefficient (Wildman–Crippen LogP) is 3.63. The number of ether oxygens (including phenoxy) is 1. The molecule has 0 atom stereocenters. The van der Waals surface area contributed by atoms with Gasteiger partial charge in [-0.1, -0.05) is 30.3 Å². The number of cyclic esters (lactones) is 1. The van der Waals surface area contributed by atoms with E-state index in [1.54, 1.807) is 4.90 Å². The van der Waals surface area contributed by atoms with Crippen LogP contribution in [0.4, 0.5) is 16.2 Å². The predicted molar refractivity (Wildman–Crippen MR) is 106 cm³/mol. The highest BCUT2D eigenvalue weighted by Gasteiger charge is 2.28. The van der Waals surface area contributed by atoms with Gasteiger partial charge in [0, 0.05) is 24.2 Å². The molecule has 2 aliphatic heterocycles. The van der Waals surface area contributed by atoms with Gasteiger partial charge in [0.15, 0.2) is 0 Å². The molecule has 6 nitrogen and oxygen atoms in total. The van der Waals surface area contributed by atoms with E-state index < -0.39 is 0 Å². The second-order valence-corrected chi connectivity index (χ2v) is 7.01. The summed E-state index contributed by atoms with van der Waals surface area (Å²) in [5, 5.41) is 10.4. The lowest BCUT2D eigenvalue weighted by Crippen LogP contribution is -2.33. The summed E-state index contributed by atoms with van der Waals surface area (Å²) in [4.78, 5) is 20.5. The Balaban J connectivity index is 1.55. The molecule has 0 unspecified atom stereocenters. The van der Waals surface area contributed by atoms with E-state index in [0.29, 0.717) is 18.8 Å². The first-order valence-electron chi connectivity index (χ1n) is 9.34. The van der Waals surface area contributed by atoms with Gasteiger partial charge in [-0.3, -0.25) is 4.90 Å². The molecule has 0 spiro atoms. The van der Waals surface area contributed by atoms with Gasteiger partial charge in [0.25, 0.3) is 0 Å². The van der Waals surface area contributed by atoms with Gasteiger partial charge in [0.2, 0.25) is 0 Å². The molecular weight excluding hydrogens is 352 g/mol. The number of hydrogen-bond donors (Lipinski definition) is 0. The van der Waals surface area contributed by atoms with Crippen molar-refractivity contribution in [2.24, 2.45) is 0 Å². The molecule has 3 aromatic rings. The van der Waals surface area contributed by atoms with Crippen molar-refractivity contribution in [1.82, 2.24) is 4.98 Å². The number of para-hydroxylation sites is 1. The SMILES string of the molecule is N#Cc1cc(N2CCc3c(cccc3N3CCOC3=O)C2)c2ccccc2n1. The average molecular weight is 370 g/mol.